The van der Waals surface area contributed by atoms with Gasteiger partial charge in [0.1, 0.15) is 0 Å². The minimum absolute atomic E-state index is 0.0580. The second-order valence-corrected chi connectivity index (χ2v) is 8.05. The lowest BCUT2D eigenvalue weighted by molar-refractivity contribution is 0.592. The molecule has 0 bridgehead atoms. The highest BCUT2D eigenvalue weighted by molar-refractivity contribution is 7.99. The Morgan fingerprint density at radius 1 is 1.03 bits per heavy atom. The molecule has 0 N–H and O–H groups in total. The molecular formula is C20H22N6O3S. The monoisotopic (exact) mass is 426 g/mol. The van der Waals surface area contributed by atoms with E-state index in [0.717, 1.165) is 0 Å². The fourth-order valence-electron chi connectivity index (χ4n) is 3.52. The lowest BCUT2D eigenvalue weighted by Crippen LogP contribution is -2.39. The van der Waals surface area contributed by atoms with Crippen LogP contribution in [0.25, 0.3) is 22.1 Å². The number of thioether (sulfide) groups is 1. The Kier molecular flexibility index (Phi) is 5.33. The second-order valence-electron chi connectivity index (χ2n) is 6.99. The summed E-state index contributed by atoms with van der Waals surface area (Å²) in [6.07, 6.45) is 2.11. The van der Waals surface area contributed by atoms with Gasteiger partial charge in [0.2, 0.25) is 0 Å². The van der Waals surface area contributed by atoms with Gasteiger partial charge in [-0.25, -0.2) is 14.8 Å². The van der Waals surface area contributed by atoms with Gasteiger partial charge in [0.05, 0.1) is 17.2 Å². The smallest absolute Gasteiger partial charge is 0.328 e. The first-order valence-corrected chi connectivity index (χ1v) is 10.7. The van der Waals surface area contributed by atoms with E-state index in [1.54, 1.807) is 29.3 Å². The van der Waals surface area contributed by atoms with Crippen molar-refractivity contribution < 1.29 is 0 Å². The van der Waals surface area contributed by atoms with Gasteiger partial charge in [-0.05, 0) is 25.5 Å². The van der Waals surface area contributed by atoms with Crippen LogP contribution in [0.1, 0.15) is 13.3 Å². The molecule has 0 aliphatic heterocycles. The fraction of sp³-hybridized carbons (Fsp3) is 0.350. The number of hydrogen-bond acceptors (Lipinski definition) is 6. The normalized spacial score (nSPS) is 11.6. The van der Waals surface area contributed by atoms with Crippen LogP contribution < -0.4 is 16.8 Å². The molecule has 4 aromatic rings. The maximum atomic E-state index is 12.8. The van der Waals surface area contributed by atoms with Crippen molar-refractivity contribution in [2.45, 2.75) is 31.6 Å². The van der Waals surface area contributed by atoms with Gasteiger partial charge in [-0.3, -0.25) is 23.3 Å². The molecule has 156 valence electrons. The second kappa shape index (κ2) is 7.94. The Morgan fingerprint density at radius 3 is 2.57 bits per heavy atom. The summed E-state index contributed by atoms with van der Waals surface area (Å²) in [4.78, 5) is 46.8. The summed E-state index contributed by atoms with van der Waals surface area (Å²) in [5.74, 6) is 0.615. The third-order valence-electron chi connectivity index (χ3n) is 5.10. The molecule has 0 radical (unpaired) electrons. The van der Waals surface area contributed by atoms with E-state index in [1.165, 1.54) is 27.2 Å². The molecular weight excluding hydrogens is 404 g/mol. The number of rotatable bonds is 6. The molecule has 30 heavy (non-hydrogen) atoms. The molecule has 0 aliphatic rings. The molecule has 9 nitrogen and oxygen atoms in total. The molecule has 1 aromatic carbocycles. The quantitative estimate of drug-likeness (QED) is 0.262. The van der Waals surface area contributed by atoms with Crippen molar-refractivity contribution in [1.29, 1.82) is 0 Å². The summed E-state index contributed by atoms with van der Waals surface area (Å²) in [7, 11) is 3.35. The molecule has 0 saturated heterocycles. The van der Waals surface area contributed by atoms with Crippen LogP contribution in [0, 0.1) is 0 Å². The largest absolute Gasteiger partial charge is 0.332 e. The summed E-state index contributed by atoms with van der Waals surface area (Å²) in [6, 6.07) is 7.29. The number of para-hydroxylation sites is 1. The summed E-state index contributed by atoms with van der Waals surface area (Å²) >= 11 is 1.45. The maximum absolute atomic E-state index is 12.8. The lowest BCUT2D eigenvalue weighted by Gasteiger charge is -2.11. The van der Waals surface area contributed by atoms with E-state index in [2.05, 4.69) is 9.97 Å². The molecule has 0 fully saturated rings. The molecule has 0 saturated carbocycles. The van der Waals surface area contributed by atoms with Crippen LogP contribution in [-0.4, -0.2) is 34.0 Å². The third-order valence-corrected chi connectivity index (χ3v) is 6.16. The molecule has 0 unspecified atom stereocenters. The Bertz CT molecular complexity index is 1430. The zero-order chi connectivity index (χ0) is 21.4. The van der Waals surface area contributed by atoms with Crippen LogP contribution in [-0.2, 0) is 27.2 Å². The number of aromatic nitrogens is 6. The Balaban J connectivity index is 1.57. The summed E-state index contributed by atoms with van der Waals surface area (Å²) in [5, 5.41) is 1.24. The van der Waals surface area contributed by atoms with Crippen LogP contribution in [0.2, 0.25) is 0 Å². The highest BCUT2D eigenvalue weighted by Gasteiger charge is 2.15. The minimum Gasteiger partial charge on any atom is -0.328 e. The van der Waals surface area contributed by atoms with E-state index >= 15 is 0 Å². The number of aryl methyl sites for hydroxylation is 2. The van der Waals surface area contributed by atoms with Gasteiger partial charge in [-0.1, -0.05) is 23.9 Å². The van der Waals surface area contributed by atoms with Crippen molar-refractivity contribution in [3.05, 3.63) is 61.8 Å². The first kappa shape index (κ1) is 20.1. The Morgan fingerprint density at radius 2 is 1.80 bits per heavy atom. The van der Waals surface area contributed by atoms with E-state index < -0.39 is 0 Å². The van der Waals surface area contributed by atoms with Gasteiger partial charge in [0.25, 0.3) is 11.1 Å². The molecule has 4 rings (SSSR count). The van der Waals surface area contributed by atoms with E-state index in [0.29, 0.717) is 45.9 Å². The van der Waals surface area contributed by atoms with Crippen LogP contribution in [0.15, 0.2) is 50.1 Å². The van der Waals surface area contributed by atoms with Crippen LogP contribution in [0.3, 0.4) is 0 Å². The highest BCUT2D eigenvalue weighted by atomic mass is 32.2. The number of imidazole rings is 1. The zero-order valence-electron chi connectivity index (χ0n) is 17.0. The van der Waals surface area contributed by atoms with E-state index in [1.807, 2.05) is 25.1 Å². The summed E-state index contributed by atoms with van der Waals surface area (Å²) in [6.45, 7) is 2.72. The van der Waals surface area contributed by atoms with Gasteiger partial charge in [0.15, 0.2) is 16.3 Å². The molecule has 0 atom stereocenters. The minimum atomic E-state index is -0.384. The topological polar surface area (TPSA) is 96.7 Å². The van der Waals surface area contributed by atoms with Crippen molar-refractivity contribution in [2.24, 2.45) is 14.1 Å². The molecule has 0 spiro atoms. The summed E-state index contributed by atoms with van der Waals surface area (Å²) < 4.78 is 5.91. The van der Waals surface area contributed by atoms with Crippen LogP contribution >= 0.6 is 11.8 Å². The van der Waals surface area contributed by atoms with Gasteiger partial charge >= 0.3 is 5.69 Å². The first-order valence-electron chi connectivity index (χ1n) is 9.67. The highest BCUT2D eigenvalue weighted by Crippen LogP contribution is 2.18. The van der Waals surface area contributed by atoms with Crippen molar-refractivity contribution in [3.63, 3.8) is 0 Å². The SMILES string of the molecule is CCn1c(SCCCn2c(=O)c3c(ncn3C)n(C)c2=O)nc2ccccc2c1=O. The van der Waals surface area contributed by atoms with Crippen molar-refractivity contribution in [2.75, 3.05) is 5.75 Å². The summed E-state index contributed by atoms with van der Waals surface area (Å²) in [5.41, 5.74) is 0.669. The molecule has 0 amide bonds. The maximum Gasteiger partial charge on any atom is 0.332 e. The number of nitrogens with zero attached hydrogens (tertiary/aromatic N) is 6. The van der Waals surface area contributed by atoms with Gasteiger partial charge < -0.3 is 4.57 Å². The van der Waals surface area contributed by atoms with Crippen LogP contribution in [0.4, 0.5) is 0 Å². The Hall–Kier alpha value is -3.14. The Labute approximate surface area is 175 Å². The predicted molar refractivity (Wildman–Crippen MR) is 117 cm³/mol. The molecule has 3 heterocycles. The van der Waals surface area contributed by atoms with Gasteiger partial charge in [-0.2, -0.15) is 0 Å². The van der Waals surface area contributed by atoms with E-state index in [-0.39, 0.29) is 23.4 Å². The third kappa shape index (κ3) is 3.26. The zero-order valence-corrected chi connectivity index (χ0v) is 17.8. The molecule has 0 aliphatic carbocycles. The molecule has 3 aromatic heterocycles. The standard InChI is InChI=1S/C20H22N6O3S/c1-4-25-17(27)13-8-5-6-9-14(13)22-19(25)30-11-7-10-26-18(28)15-16(21-12-23(15)2)24(3)20(26)29/h5-6,8-9,12H,4,7,10-11H2,1-3H3. The van der Waals surface area contributed by atoms with E-state index in [4.69, 9.17) is 0 Å². The van der Waals surface area contributed by atoms with Crippen molar-refractivity contribution in [3.8, 4) is 0 Å². The average molecular weight is 427 g/mol. The van der Waals surface area contributed by atoms with Crippen molar-refractivity contribution in [1.82, 2.24) is 28.2 Å². The van der Waals surface area contributed by atoms with Gasteiger partial charge in [-0.15, -0.1) is 0 Å². The molecule has 10 heteroatoms. The number of hydrogen-bond donors (Lipinski definition) is 0. The van der Waals surface area contributed by atoms with Gasteiger partial charge in [0, 0.05) is 32.9 Å². The van der Waals surface area contributed by atoms with E-state index in [9.17, 15) is 14.4 Å². The average Bonchev–Trinajstić information content (AvgIpc) is 3.13. The predicted octanol–water partition coefficient (Wildman–Crippen LogP) is 1.35. The van der Waals surface area contributed by atoms with Crippen molar-refractivity contribution >= 4 is 33.8 Å². The lowest BCUT2D eigenvalue weighted by atomic mass is 10.2. The fourth-order valence-corrected chi connectivity index (χ4v) is 4.50. The number of fused-ring (bicyclic) bond motifs is 2. The van der Waals surface area contributed by atoms with Crippen LogP contribution in [0.5, 0.6) is 0 Å². The first-order chi connectivity index (χ1) is 14.4. The number of benzene rings is 1.